The van der Waals surface area contributed by atoms with Gasteiger partial charge in [-0.15, -0.1) is 0 Å². The van der Waals surface area contributed by atoms with Gasteiger partial charge in [0.2, 0.25) is 10.0 Å². The summed E-state index contributed by atoms with van der Waals surface area (Å²) >= 11 is 2.99. The van der Waals surface area contributed by atoms with Crippen LogP contribution >= 0.6 is 15.9 Å². The van der Waals surface area contributed by atoms with Crippen LogP contribution in [-0.2, 0) is 10.0 Å². The van der Waals surface area contributed by atoms with Crippen molar-refractivity contribution in [1.29, 1.82) is 0 Å². The summed E-state index contributed by atoms with van der Waals surface area (Å²) < 4.78 is 39.1. The molecule has 2 N–H and O–H groups in total. The maximum absolute atomic E-state index is 13.3. The first-order chi connectivity index (χ1) is 7.91. The monoisotopic (exact) mass is 322 g/mol. The lowest BCUT2D eigenvalue weighted by molar-refractivity contribution is 0.471. The average Bonchev–Trinajstić information content (AvgIpc) is 2.69. The van der Waals surface area contributed by atoms with Gasteiger partial charge in [0, 0.05) is 19.1 Å². The zero-order valence-corrected chi connectivity index (χ0v) is 11.3. The molecule has 94 valence electrons. The Kier molecular flexibility index (Phi) is 3.53. The molecular weight excluding hydrogens is 311 g/mol. The van der Waals surface area contributed by atoms with Crippen LogP contribution < -0.4 is 5.73 Å². The Morgan fingerprint density at radius 3 is 2.71 bits per heavy atom. The van der Waals surface area contributed by atoms with Crippen LogP contribution in [-0.4, -0.2) is 31.9 Å². The van der Waals surface area contributed by atoms with Gasteiger partial charge in [-0.2, -0.15) is 4.31 Å². The molecule has 7 heteroatoms. The Morgan fingerprint density at radius 1 is 1.47 bits per heavy atom. The highest BCUT2D eigenvalue weighted by molar-refractivity contribution is 9.10. The van der Waals surface area contributed by atoms with Crippen molar-refractivity contribution in [1.82, 2.24) is 4.31 Å². The van der Waals surface area contributed by atoms with Gasteiger partial charge >= 0.3 is 0 Å². The first-order valence-electron chi connectivity index (χ1n) is 5.12. The van der Waals surface area contributed by atoms with Gasteiger partial charge in [0.15, 0.2) is 0 Å². The van der Waals surface area contributed by atoms with E-state index in [-0.39, 0.29) is 15.4 Å². The van der Waals surface area contributed by atoms with Crippen molar-refractivity contribution in [3.63, 3.8) is 0 Å². The smallest absolute Gasteiger partial charge is 0.243 e. The Morgan fingerprint density at radius 2 is 2.18 bits per heavy atom. The lowest BCUT2D eigenvalue weighted by Crippen LogP contribution is -2.32. The van der Waals surface area contributed by atoms with Gasteiger partial charge < -0.3 is 5.73 Å². The van der Waals surface area contributed by atoms with Gasteiger partial charge in [0.25, 0.3) is 0 Å². The molecule has 1 aliphatic heterocycles. The third kappa shape index (κ3) is 2.52. The van der Waals surface area contributed by atoms with Crippen LogP contribution in [0, 0.1) is 5.82 Å². The Balaban J connectivity index is 2.35. The molecular formula is C10H12BrFN2O2S. The number of halogens is 2. The summed E-state index contributed by atoms with van der Waals surface area (Å²) in [6.07, 6.45) is 0.637. The van der Waals surface area contributed by atoms with E-state index in [0.717, 1.165) is 6.07 Å². The second-order valence-electron chi connectivity index (χ2n) is 3.99. The van der Waals surface area contributed by atoms with Crippen molar-refractivity contribution >= 4 is 26.0 Å². The van der Waals surface area contributed by atoms with Crippen molar-refractivity contribution in [2.45, 2.75) is 17.4 Å². The van der Waals surface area contributed by atoms with Gasteiger partial charge in [-0.1, -0.05) is 0 Å². The molecule has 1 unspecified atom stereocenters. The first-order valence-corrected chi connectivity index (χ1v) is 7.35. The van der Waals surface area contributed by atoms with Gasteiger partial charge in [-0.05, 0) is 40.5 Å². The van der Waals surface area contributed by atoms with Crippen molar-refractivity contribution in [3.05, 3.63) is 28.5 Å². The third-order valence-electron chi connectivity index (χ3n) is 2.72. The minimum atomic E-state index is -3.62. The fraction of sp³-hybridized carbons (Fsp3) is 0.400. The van der Waals surface area contributed by atoms with Crippen molar-refractivity contribution < 1.29 is 12.8 Å². The zero-order chi connectivity index (χ0) is 12.6. The highest BCUT2D eigenvalue weighted by atomic mass is 79.9. The minimum absolute atomic E-state index is 0.0349. The van der Waals surface area contributed by atoms with E-state index in [4.69, 9.17) is 5.73 Å². The Bertz CT molecular complexity index is 535. The zero-order valence-electron chi connectivity index (χ0n) is 8.94. The number of benzene rings is 1. The predicted molar refractivity (Wildman–Crippen MR) is 65.5 cm³/mol. The van der Waals surface area contributed by atoms with Crippen LogP contribution in [0.2, 0.25) is 0 Å². The summed E-state index contributed by atoms with van der Waals surface area (Å²) in [4.78, 5) is -0.0349. The molecule has 0 bridgehead atoms. The largest absolute Gasteiger partial charge is 0.326 e. The molecule has 0 saturated carbocycles. The number of rotatable bonds is 2. The molecule has 1 heterocycles. The summed E-state index contributed by atoms with van der Waals surface area (Å²) in [7, 11) is -3.62. The van der Waals surface area contributed by atoms with E-state index >= 15 is 0 Å². The molecule has 1 saturated heterocycles. The normalized spacial score (nSPS) is 21.9. The predicted octanol–water partition coefficient (Wildman–Crippen LogP) is 1.31. The highest BCUT2D eigenvalue weighted by Gasteiger charge is 2.31. The Labute approximate surface area is 108 Å². The van der Waals surface area contributed by atoms with Gasteiger partial charge in [0.1, 0.15) is 5.82 Å². The average molecular weight is 323 g/mol. The lowest BCUT2D eigenvalue weighted by atomic mass is 10.3. The summed E-state index contributed by atoms with van der Waals surface area (Å²) in [5.74, 6) is -0.588. The molecule has 0 radical (unpaired) electrons. The second kappa shape index (κ2) is 4.64. The van der Waals surface area contributed by atoms with E-state index in [0.29, 0.717) is 19.5 Å². The van der Waals surface area contributed by atoms with Gasteiger partial charge in [-0.3, -0.25) is 0 Å². The molecule has 1 atom stereocenters. The molecule has 1 aromatic rings. The first kappa shape index (κ1) is 12.9. The molecule has 4 nitrogen and oxygen atoms in total. The summed E-state index contributed by atoms with van der Waals surface area (Å²) in [5.41, 5.74) is 5.67. The molecule has 17 heavy (non-hydrogen) atoms. The molecule has 1 aliphatic rings. The van der Waals surface area contributed by atoms with E-state index in [2.05, 4.69) is 15.9 Å². The van der Waals surface area contributed by atoms with Crippen molar-refractivity contribution in [2.75, 3.05) is 13.1 Å². The number of nitrogens with zero attached hydrogens (tertiary/aromatic N) is 1. The van der Waals surface area contributed by atoms with Crippen LogP contribution in [0.25, 0.3) is 0 Å². The van der Waals surface area contributed by atoms with Crippen molar-refractivity contribution in [2.24, 2.45) is 5.73 Å². The lowest BCUT2D eigenvalue weighted by Gasteiger charge is -2.16. The maximum atomic E-state index is 13.3. The van der Waals surface area contributed by atoms with Crippen LogP contribution in [0.4, 0.5) is 4.39 Å². The summed E-state index contributed by atoms with van der Waals surface area (Å²) in [5, 5.41) is 0. The molecule has 2 rings (SSSR count). The number of hydrogen-bond acceptors (Lipinski definition) is 3. The van der Waals surface area contributed by atoms with E-state index in [1.54, 1.807) is 0 Å². The van der Waals surface area contributed by atoms with E-state index < -0.39 is 15.8 Å². The fourth-order valence-electron chi connectivity index (χ4n) is 1.76. The number of sulfonamides is 1. The van der Waals surface area contributed by atoms with E-state index in [1.807, 2.05) is 0 Å². The second-order valence-corrected chi connectivity index (χ2v) is 6.78. The van der Waals surface area contributed by atoms with Gasteiger partial charge in [-0.25, -0.2) is 12.8 Å². The maximum Gasteiger partial charge on any atom is 0.243 e. The van der Waals surface area contributed by atoms with Crippen LogP contribution in [0.15, 0.2) is 27.6 Å². The Hall–Kier alpha value is -0.500. The summed E-state index contributed by atoms with van der Waals surface area (Å²) in [6.45, 7) is 0.682. The SMILES string of the molecule is NC1CCN(S(=O)(=O)c2ccc(Br)c(F)c2)C1. The molecule has 0 aromatic heterocycles. The van der Waals surface area contributed by atoms with Crippen LogP contribution in [0.3, 0.4) is 0 Å². The molecule has 1 fully saturated rings. The molecule has 0 amide bonds. The molecule has 0 spiro atoms. The minimum Gasteiger partial charge on any atom is -0.326 e. The van der Waals surface area contributed by atoms with Crippen molar-refractivity contribution in [3.8, 4) is 0 Å². The van der Waals surface area contributed by atoms with Crippen LogP contribution in [0.5, 0.6) is 0 Å². The van der Waals surface area contributed by atoms with Gasteiger partial charge in [0.05, 0.1) is 9.37 Å². The van der Waals surface area contributed by atoms with E-state index in [9.17, 15) is 12.8 Å². The highest BCUT2D eigenvalue weighted by Crippen LogP contribution is 2.24. The standard InChI is InChI=1S/C10H12BrFN2O2S/c11-9-2-1-8(5-10(9)12)17(15,16)14-4-3-7(13)6-14/h1-2,5,7H,3-4,6,13H2. The fourth-order valence-corrected chi connectivity index (χ4v) is 3.53. The quantitative estimate of drug-likeness (QED) is 0.893. The third-order valence-corrected chi connectivity index (χ3v) is 5.22. The number of nitrogens with two attached hydrogens (primary N) is 1. The topological polar surface area (TPSA) is 63.4 Å². The number of hydrogen-bond donors (Lipinski definition) is 1. The van der Waals surface area contributed by atoms with E-state index in [1.165, 1.54) is 16.4 Å². The molecule has 0 aliphatic carbocycles. The molecule has 1 aromatic carbocycles. The summed E-state index contributed by atoms with van der Waals surface area (Å²) in [6, 6.07) is 3.65. The van der Waals surface area contributed by atoms with Crippen LogP contribution in [0.1, 0.15) is 6.42 Å².